The Kier molecular flexibility index (Phi) is 4.29. The number of rotatable bonds is 5. The zero-order valence-corrected chi connectivity index (χ0v) is 11.5. The molecule has 0 saturated carbocycles. The molecule has 100 valence electrons. The van der Waals surface area contributed by atoms with Crippen molar-refractivity contribution in [3.63, 3.8) is 0 Å². The van der Waals surface area contributed by atoms with Crippen LogP contribution in [0.5, 0.6) is 5.88 Å². The Labute approximate surface area is 107 Å². The van der Waals surface area contributed by atoms with Gasteiger partial charge in [-0.3, -0.25) is 0 Å². The van der Waals surface area contributed by atoms with Gasteiger partial charge in [-0.15, -0.1) is 0 Å². The van der Waals surface area contributed by atoms with Crippen molar-refractivity contribution in [2.45, 2.75) is 26.3 Å². The molecule has 0 atom stereocenters. The number of carboxylic acid groups (broad SMARTS) is 1. The number of carboxylic acids is 1. The van der Waals surface area contributed by atoms with E-state index in [4.69, 9.17) is 9.84 Å². The molecule has 0 aromatic carbocycles. The highest BCUT2D eigenvalue weighted by Gasteiger charge is 2.21. The molecule has 0 spiro atoms. The van der Waals surface area contributed by atoms with Crippen molar-refractivity contribution in [2.24, 2.45) is 0 Å². The van der Waals surface area contributed by atoms with E-state index in [9.17, 15) is 4.79 Å². The molecule has 1 N–H and O–H groups in total. The van der Waals surface area contributed by atoms with Gasteiger partial charge < -0.3 is 14.7 Å². The van der Waals surface area contributed by atoms with Crippen LogP contribution in [0.3, 0.4) is 0 Å². The molecule has 0 saturated heterocycles. The number of ether oxygens (including phenoxy) is 1. The third-order valence-electron chi connectivity index (χ3n) is 2.96. The van der Waals surface area contributed by atoms with Crippen LogP contribution in [-0.4, -0.2) is 47.2 Å². The van der Waals surface area contributed by atoms with Gasteiger partial charge in [-0.1, -0.05) is 0 Å². The first kappa shape index (κ1) is 14.4. The van der Waals surface area contributed by atoms with Gasteiger partial charge in [0.25, 0.3) is 0 Å². The Morgan fingerprint density at radius 3 is 2.56 bits per heavy atom. The molecule has 5 nitrogen and oxygen atoms in total. The average molecular weight is 252 g/mol. The fraction of sp³-hybridized carbons (Fsp3) is 0.538. The molecular weight excluding hydrogens is 232 g/mol. The maximum Gasteiger partial charge on any atom is 0.335 e. The number of nitrogens with zero attached hydrogens (tertiary/aromatic N) is 2. The number of aromatic carboxylic acids is 1. The van der Waals surface area contributed by atoms with Gasteiger partial charge in [0.05, 0.1) is 5.56 Å². The van der Waals surface area contributed by atoms with Crippen LogP contribution in [0.2, 0.25) is 0 Å². The van der Waals surface area contributed by atoms with E-state index in [-0.39, 0.29) is 11.1 Å². The van der Waals surface area contributed by atoms with Crippen LogP contribution in [-0.2, 0) is 0 Å². The molecule has 18 heavy (non-hydrogen) atoms. The SMILES string of the molecule is Cc1cc(C(=O)O)cc(OCC(C)(C)N(C)C)n1. The summed E-state index contributed by atoms with van der Waals surface area (Å²) in [7, 11) is 3.94. The van der Waals surface area contributed by atoms with Crippen LogP contribution in [0.25, 0.3) is 0 Å². The Hall–Kier alpha value is -1.62. The highest BCUT2D eigenvalue weighted by Crippen LogP contribution is 2.16. The van der Waals surface area contributed by atoms with Gasteiger partial charge in [0.15, 0.2) is 0 Å². The molecule has 0 amide bonds. The van der Waals surface area contributed by atoms with Gasteiger partial charge in [-0.05, 0) is 40.9 Å². The number of aryl methyl sites for hydroxylation is 1. The second kappa shape index (κ2) is 5.35. The predicted octanol–water partition coefficient (Wildman–Crippen LogP) is 1.81. The predicted molar refractivity (Wildman–Crippen MR) is 69.2 cm³/mol. The fourth-order valence-electron chi connectivity index (χ4n) is 1.22. The summed E-state index contributed by atoms with van der Waals surface area (Å²) in [6.45, 7) is 6.27. The normalized spacial score (nSPS) is 11.7. The van der Waals surface area contributed by atoms with Gasteiger partial charge in [0.2, 0.25) is 5.88 Å². The number of likely N-dealkylation sites (N-methyl/N-ethyl adjacent to an activating group) is 1. The molecule has 1 heterocycles. The molecule has 5 heteroatoms. The van der Waals surface area contributed by atoms with E-state index in [2.05, 4.69) is 4.98 Å². The van der Waals surface area contributed by atoms with E-state index in [0.717, 1.165) is 0 Å². The maximum atomic E-state index is 10.9. The molecule has 0 aliphatic rings. The van der Waals surface area contributed by atoms with Crippen molar-refractivity contribution in [1.29, 1.82) is 0 Å². The Morgan fingerprint density at radius 2 is 2.06 bits per heavy atom. The highest BCUT2D eigenvalue weighted by atomic mass is 16.5. The van der Waals surface area contributed by atoms with E-state index >= 15 is 0 Å². The number of pyridine rings is 1. The summed E-state index contributed by atoms with van der Waals surface area (Å²) >= 11 is 0. The van der Waals surface area contributed by atoms with Crippen LogP contribution >= 0.6 is 0 Å². The Bertz CT molecular complexity index is 442. The second-order valence-electron chi connectivity index (χ2n) is 5.14. The average Bonchev–Trinajstić information content (AvgIpc) is 2.25. The minimum absolute atomic E-state index is 0.144. The molecule has 1 aromatic rings. The van der Waals surface area contributed by atoms with Gasteiger partial charge in [-0.2, -0.15) is 0 Å². The standard InChI is InChI=1S/C13H20N2O3/c1-9-6-10(12(16)17)7-11(14-9)18-8-13(2,3)15(4)5/h6-7H,8H2,1-5H3,(H,16,17). The third kappa shape index (κ3) is 3.70. The van der Waals surface area contributed by atoms with Gasteiger partial charge in [0.1, 0.15) is 6.61 Å². The van der Waals surface area contributed by atoms with Crippen LogP contribution < -0.4 is 4.74 Å². The zero-order valence-electron chi connectivity index (χ0n) is 11.5. The summed E-state index contributed by atoms with van der Waals surface area (Å²) in [5.41, 5.74) is 0.683. The van der Waals surface area contributed by atoms with Crippen molar-refractivity contribution >= 4 is 5.97 Å². The topological polar surface area (TPSA) is 62.7 Å². The maximum absolute atomic E-state index is 10.9. The fourth-order valence-corrected chi connectivity index (χ4v) is 1.22. The molecule has 1 aromatic heterocycles. The van der Waals surface area contributed by atoms with Crippen molar-refractivity contribution in [1.82, 2.24) is 9.88 Å². The summed E-state index contributed by atoms with van der Waals surface area (Å²) in [4.78, 5) is 17.1. The molecule has 0 aliphatic heterocycles. The molecule has 1 rings (SSSR count). The molecule has 0 aliphatic carbocycles. The van der Waals surface area contributed by atoms with Gasteiger partial charge in [0, 0.05) is 17.3 Å². The highest BCUT2D eigenvalue weighted by molar-refractivity contribution is 5.87. The number of hydrogen-bond donors (Lipinski definition) is 1. The third-order valence-corrected chi connectivity index (χ3v) is 2.96. The summed E-state index contributed by atoms with van der Waals surface area (Å²) in [6.07, 6.45) is 0. The summed E-state index contributed by atoms with van der Waals surface area (Å²) < 4.78 is 5.59. The molecule has 0 fully saturated rings. The van der Waals surface area contributed by atoms with Crippen LogP contribution in [0.1, 0.15) is 29.9 Å². The number of carbonyl (C=O) groups is 1. The molecule has 0 bridgehead atoms. The zero-order chi connectivity index (χ0) is 13.9. The van der Waals surface area contributed by atoms with Crippen molar-refractivity contribution in [3.05, 3.63) is 23.4 Å². The minimum atomic E-state index is -0.975. The van der Waals surface area contributed by atoms with E-state index in [1.807, 2.05) is 32.8 Å². The van der Waals surface area contributed by atoms with Crippen LogP contribution in [0, 0.1) is 6.92 Å². The lowest BCUT2D eigenvalue weighted by Gasteiger charge is -2.31. The first-order valence-corrected chi connectivity index (χ1v) is 5.74. The second-order valence-corrected chi connectivity index (χ2v) is 5.14. The summed E-state index contributed by atoms with van der Waals surface area (Å²) in [5.74, 6) is -0.625. The number of aromatic nitrogens is 1. The van der Waals surface area contributed by atoms with Gasteiger partial charge >= 0.3 is 5.97 Å². The lowest BCUT2D eigenvalue weighted by atomic mass is 10.1. The van der Waals surface area contributed by atoms with Crippen molar-refractivity contribution < 1.29 is 14.6 Å². The molecular formula is C13H20N2O3. The first-order chi connectivity index (χ1) is 8.22. The van der Waals surface area contributed by atoms with E-state index < -0.39 is 5.97 Å². The number of hydrogen-bond acceptors (Lipinski definition) is 4. The van der Waals surface area contributed by atoms with Crippen molar-refractivity contribution in [2.75, 3.05) is 20.7 Å². The minimum Gasteiger partial charge on any atom is -0.478 e. The largest absolute Gasteiger partial charge is 0.478 e. The van der Waals surface area contributed by atoms with E-state index in [1.165, 1.54) is 12.1 Å². The van der Waals surface area contributed by atoms with E-state index in [0.29, 0.717) is 18.2 Å². The smallest absolute Gasteiger partial charge is 0.335 e. The van der Waals surface area contributed by atoms with Crippen molar-refractivity contribution in [3.8, 4) is 5.88 Å². The van der Waals surface area contributed by atoms with Gasteiger partial charge in [-0.25, -0.2) is 9.78 Å². The molecule has 0 radical (unpaired) electrons. The Balaban J connectivity index is 2.83. The van der Waals surface area contributed by atoms with E-state index in [1.54, 1.807) is 6.92 Å². The lowest BCUT2D eigenvalue weighted by Crippen LogP contribution is -2.43. The molecule has 0 unspecified atom stereocenters. The first-order valence-electron chi connectivity index (χ1n) is 5.74. The van der Waals surface area contributed by atoms with Crippen LogP contribution in [0.4, 0.5) is 0 Å². The monoisotopic (exact) mass is 252 g/mol. The summed E-state index contributed by atoms with van der Waals surface area (Å²) in [5, 5.41) is 8.96. The lowest BCUT2D eigenvalue weighted by molar-refractivity contribution is 0.0695. The Morgan fingerprint density at radius 1 is 1.44 bits per heavy atom. The van der Waals surface area contributed by atoms with Crippen LogP contribution in [0.15, 0.2) is 12.1 Å². The quantitative estimate of drug-likeness (QED) is 0.866. The summed E-state index contributed by atoms with van der Waals surface area (Å²) in [6, 6.07) is 2.97.